The molecule has 1 saturated heterocycles. The van der Waals surface area contributed by atoms with E-state index in [-0.39, 0.29) is 23.3 Å². The maximum atomic E-state index is 12.1. The average molecular weight is 255 g/mol. The van der Waals surface area contributed by atoms with Crippen molar-refractivity contribution >= 4 is 11.8 Å². The molecule has 1 aliphatic heterocycles. The van der Waals surface area contributed by atoms with Gasteiger partial charge in [0.05, 0.1) is 5.41 Å². The van der Waals surface area contributed by atoms with Crippen LogP contribution in [-0.4, -0.2) is 37.5 Å². The van der Waals surface area contributed by atoms with Gasteiger partial charge in [-0.05, 0) is 33.2 Å². The van der Waals surface area contributed by atoms with Crippen molar-refractivity contribution in [3.8, 4) is 0 Å². The van der Waals surface area contributed by atoms with Crippen LogP contribution in [0.15, 0.2) is 0 Å². The van der Waals surface area contributed by atoms with E-state index in [1.165, 1.54) is 0 Å². The molecule has 2 amide bonds. The highest BCUT2D eigenvalue weighted by Gasteiger charge is 2.39. The van der Waals surface area contributed by atoms with Crippen molar-refractivity contribution in [1.29, 1.82) is 0 Å². The van der Waals surface area contributed by atoms with Crippen molar-refractivity contribution in [2.24, 2.45) is 5.41 Å². The molecule has 5 heteroatoms. The van der Waals surface area contributed by atoms with Crippen LogP contribution in [0.5, 0.6) is 0 Å². The van der Waals surface area contributed by atoms with Gasteiger partial charge in [-0.2, -0.15) is 0 Å². The van der Waals surface area contributed by atoms with Crippen molar-refractivity contribution in [3.05, 3.63) is 0 Å². The molecule has 0 spiro atoms. The van der Waals surface area contributed by atoms with E-state index in [1.807, 2.05) is 20.8 Å². The van der Waals surface area contributed by atoms with Gasteiger partial charge in [0.25, 0.3) is 0 Å². The molecule has 5 nitrogen and oxygen atoms in total. The predicted octanol–water partition coefficient (Wildman–Crippen LogP) is 0.407. The lowest BCUT2D eigenvalue weighted by Crippen LogP contribution is -2.43. The first-order valence-corrected chi connectivity index (χ1v) is 6.78. The molecule has 0 radical (unpaired) electrons. The Hall–Kier alpha value is -1.10. The second-order valence-electron chi connectivity index (χ2n) is 5.29. The zero-order valence-electron chi connectivity index (χ0n) is 11.6. The molecular weight excluding hydrogens is 230 g/mol. The smallest absolute Gasteiger partial charge is 0.227 e. The zero-order valence-corrected chi connectivity index (χ0v) is 11.6. The highest BCUT2D eigenvalue weighted by Crippen LogP contribution is 2.29. The molecular formula is C13H25N3O2. The lowest BCUT2D eigenvalue weighted by molar-refractivity contribution is -0.130. The lowest BCUT2D eigenvalue weighted by atomic mass is 9.83. The summed E-state index contributed by atoms with van der Waals surface area (Å²) in [4.78, 5) is 23.6. The summed E-state index contributed by atoms with van der Waals surface area (Å²) in [7, 11) is 0. The highest BCUT2D eigenvalue weighted by atomic mass is 16.2. The Balaban J connectivity index is 2.30. The first-order valence-electron chi connectivity index (χ1n) is 6.78. The molecule has 1 fully saturated rings. The van der Waals surface area contributed by atoms with Gasteiger partial charge < -0.3 is 16.0 Å². The molecule has 1 unspecified atom stereocenters. The van der Waals surface area contributed by atoms with Crippen LogP contribution in [0.2, 0.25) is 0 Å². The van der Waals surface area contributed by atoms with E-state index in [2.05, 4.69) is 16.0 Å². The van der Waals surface area contributed by atoms with E-state index >= 15 is 0 Å². The van der Waals surface area contributed by atoms with E-state index in [4.69, 9.17) is 0 Å². The highest BCUT2D eigenvalue weighted by molar-refractivity contribution is 5.84. The molecule has 3 N–H and O–H groups in total. The number of amides is 2. The van der Waals surface area contributed by atoms with Crippen LogP contribution in [0.3, 0.4) is 0 Å². The van der Waals surface area contributed by atoms with E-state index < -0.39 is 0 Å². The molecule has 0 saturated carbocycles. The summed E-state index contributed by atoms with van der Waals surface area (Å²) in [5.74, 6) is 0.0627. The number of carbonyl (C=O) groups excluding carboxylic acids is 2. The Labute approximate surface area is 109 Å². The molecule has 1 heterocycles. The zero-order chi connectivity index (χ0) is 13.6. The lowest BCUT2D eigenvalue weighted by Gasteiger charge is -2.25. The summed E-state index contributed by atoms with van der Waals surface area (Å²) < 4.78 is 0. The Morgan fingerprint density at radius 2 is 2.11 bits per heavy atom. The molecule has 0 aromatic heterocycles. The minimum Gasteiger partial charge on any atom is -0.355 e. The molecule has 0 aromatic carbocycles. The number of hydrogen-bond acceptors (Lipinski definition) is 3. The maximum absolute atomic E-state index is 12.1. The summed E-state index contributed by atoms with van der Waals surface area (Å²) in [5.41, 5.74) is -0.269. The minimum atomic E-state index is -0.269. The van der Waals surface area contributed by atoms with Gasteiger partial charge in [0.1, 0.15) is 0 Å². The maximum Gasteiger partial charge on any atom is 0.227 e. The summed E-state index contributed by atoms with van der Waals surface area (Å²) in [6, 6.07) is 0.147. The number of rotatable bonds is 6. The average Bonchev–Trinajstić information content (AvgIpc) is 2.77. The third-order valence-electron chi connectivity index (χ3n) is 3.49. The summed E-state index contributed by atoms with van der Waals surface area (Å²) in [6.07, 6.45) is 2.06. The van der Waals surface area contributed by atoms with Crippen molar-refractivity contribution < 1.29 is 9.59 Å². The quantitative estimate of drug-likeness (QED) is 0.644. The van der Waals surface area contributed by atoms with Gasteiger partial charge in [-0.25, -0.2) is 0 Å². The van der Waals surface area contributed by atoms with Gasteiger partial charge in [0, 0.05) is 25.6 Å². The van der Waals surface area contributed by atoms with Gasteiger partial charge in [-0.3, -0.25) is 9.59 Å². The van der Waals surface area contributed by atoms with Gasteiger partial charge in [-0.15, -0.1) is 0 Å². The van der Waals surface area contributed by atoms with Crippen molar-refractivity contribution in [2.45, 2.75) is 46.1 Å². The Bertz CT molecular complexity index is 297. The van der Waals surface area contributed by atoms with Crippen LogP contribution < -0.4 is 16.0 Å². The normalized spacial score (nSPS) is 23.1. The van der Waals surface area contributed by atoms with E-state index in [0.717, 1.165) is 25.9 Å². The molecule has 0 aromatic rings. The Kier molecular flexibility index (Phi) is 5.59. The molecule has 1 rings (SSSR count). The number of carbonyl (C=O) groups is 2. The summed E-state index contributed by atoms with van der Waals surface area (Å²) in [5, 5.41) is 8.92. The second kappa shape index (κ2) is 6.73. The topological polar surface area (TPSA) is 70.2 Å². The van der Waals surface area contributed by atoms with Crippen LogP contribution >= 0.6 is 0 Å². The predicted molar refractivity (Wildman–Crippen MR) is 71.1 cm³/mol. The molecule has 1 atom stereocenters. The van der Waals surface area contributed by atoms with E-state index in [1.54, 1.807) is 0 Å². The molecule has 0 bridgehead atoms. The van der Waals surface area contributed by atoms with Gasteiger partial charge in [-0.1, -0.05) is 6.92 Å². The third kappa shape index (κ3) is 3.98. The van der Waals surface area contributed by atoms with E-state index in [9.17, 15) is 9.59 Å². The first kappa shape index (κ1) is 15.0. The fraction of sp³-hybridized carbons (Fsp3) is 0.846. The third-order valence-corrected chi connectivity index (χ3v) is 3.49. The Morgan fingerprint density at radius 3 is 2.61 bits per heavy atom. The van der Waals surface area contributed by atoms with E-state index in [0.29, 0.717) is 13.0 Å². The van der Waals surface area contributed by atoms with Crippen LogP contribution in [-0.2, 0) is 9.59 Å². The van der Waals surface area contributed by atoms with Gasteiger partial charge in [0.2, 0.25) is 11.8 Å². The molecule has 104 valence electrons. The number of nitrogens with one attached hydrogen (secondary N) is 3. The van der Waals surface area contributed by atoms with Crippen LogP contribution in [0, 0.1) is 5.41 Å². The molecule has 0 aliphatic carbocycles. The monoisotopic (exact) mass is 255 g/mol. The van der Waals surface area contributed by atoms with Gasteiger partial charge in [0.15, 0.2) is 0 Å². The summed E-state index contributed by atoms with van der Waals surface area (Å²) >= 11 is 0. The second-order valence-corrected chi connectivity index (χ2v) is 5.29. The first-order chi connectivity index (χ1) is 8.50. The molecule has 18 heavy (non-hydrogen) atoms. The standard InChI is InChI=1S/C13H25N3O2/c1-4-13(6-8-14-9-13)12(18)15-7-5-11(17)16-10(2)3/h10,14H,4-9H2,1-3H3,(H,15,18)(H,16,17). The fourth-order valence-electron chi connectivity index (χ4n) is 2.27. The van der Waals surface area contributed by atoms with Crippen LogP contribution in [0.4, 0.5) is 0 Å². The summed E-state index contributed by atoms with van der Waals surface area (Å²) in [6.45, 7) is 7.94. The van der Waals surface area contributed by atoms with Crippen molar-refractivity contribution in [2.75, 3.05) is 19.6 Å². The number of hydrogen-bond donors (Lipinski definition) is 3. The fourth-order valence-corrected chi connectivity index (χ4v) is 2.27. The molecule has 1 aliphatic rings. The van der Waals surface area contributed by atoms with Crippen molar-refractivity contribution in [1.82, 2.24) is 16.0 Å². The van der Waals surface area contributed by atoms with Crippen LogP contribution in [0.25, 0.3) is 0 Å². The van der Waals surface area contributed by atoms with Crippen LogP contribution in [0.1, 0.15) is 40.0 Å². The SMILES string of the molecule is CCC1(C(=O)NCCC(=O)NC(C)C)CCNC1. The minimum absolute atomic E-state index is 0.0135. The van der Waals surface area contributed by atoms with Gasteiger partial charge >= 0.3 is 0 Å². The largest absolute Gasteiger partial charge is 0.355 e. The Morgan fingerprint density at radius 1 is 1.39 bits per heavy atom. The van der Waals surface area contributed by atoms with Crippen molar-refractivity contribution in [3.63, 3.8) is 0 Å².